The smallest absolute Gasteiger partial charge is 0.325 e. The molecule has 0 aliphatic carbocycles. The lowest BCUT2D eigenvalue weighted by Gasteiger charge is -2.08. The number of carbonyl (C=O) groups excluding carboxylic acids is 2. The number of nitrogens with zero attached hydrogens (tertiary/aromatic N) is 1. The van der Waals surface area contributed by atoms with Gasteiger partial charge in [-0.1, -0.05) is 29.8 Å². The average molecular weight is 415 g/mol. The predicted molar refractivity (Wildman–Crippen MR) is 114 cm³/mol. The van der Waals surface area contributed by atoms with Crippen molar-refractivity contribution < 1.29 is 9.59 Å². The zero-order valence-corrected chi connectivity index (χ0v) is 16.9. The standard InChI is InChI=1S/C20H19ClN4O2S/c1-12-4-3-5-15(8-12)22-19(27)25-20-23-16(11-28-20)10-18(26)24-17-9-14(21)7-6-13(17)2/h3-9,11H,10H2,1-2H3,(H,24,26)(H2,22,23,25,27). The first-order chi connectivity index (χ1) is 13.4. The number of hydrogen-bond donors (Lipinski definition) is 3. The zero-order valence-electron chi connectivity index (χ0n) is 15.4. The maximum Gasteiger partial charge on any atom is 0.325 e. The average Bonchev–Trinajstić information content (AvgIpc) is 3.04. The maximum atomic E-state index is 12.3. The van der Waals surface area contributed by atoms with E-state index in [9.17, 15) is 9.59 Å². The van der Waals surface area contributed by atoms with E-state index in [2.05, 4.69) is 20.9 Å². The van der Waals surface area contributed by atoms with Crippen molar-refractivity contribution in [2.45, 2.75) is 20.3 Å². The van der Waals surface area contributed by atoms with Gasteiger partial charge in [0.2, 0.25) is 5.91 Å². The number of halogens is 1. The summed E-state index contributed by atoms with van der Waals surface area (Å²) in [6.45, 7) is 3.84. The van der Waals surface area contributed by atoms with Crippen LogP contribution in [0.5, 0.6) is 0 Å². The Bertz CT molecular complexity index is 1020. The van der Waals surface area contributed by atoms with E-state index in [4.69, 9.17) is 11.6 Å². The van der Waals surface area contributed by atoms with E-state index in [1.807, 2.05) is 44.2 Å². The van der Waals surface area contributed by atoms with Crippen molar-refractivity contribution >= 4 is 51.4 Å². The van der Waals surface area contributed by atoms with Gasteiger partial charge >= 0.3 is 6.03 Å². The molecular formula is C20H19ClN4O2S. The van der Waals surface area contributed by atoms with Gasteiger partial charge in [-0.2, -0.15) is 0 Å². The molecule has 1 heterocycles. The van der Waals surface area contributed by atoms with Gasteiger partial charge in [0.1, 0.15) is 0 Å². The van der Waals surface area contributed by atoms with Crippen molar-refractivity contribution in [2.75, 3.05) is 16.0 Å². The lowest BCUT2D eigenvalue weighted by molar-refractivity contribution is -0.115. The monoisotopic (exact) mass is 414 g/mol. The Morgan fingerprint density at radius 2 is 1.89 bits per heavy atom. The molecule has 0 saturated heterocycles. The Balaban J connectivity index is 1.55. The third-order valence-corrected chi connectivity index (χ3v) is 4.91. The molecule has 3 N–H and O–H groups in total. The molecule has 0 atom stereocenters. The summed E-state index contributed by atoms with van der Waals surface area (Å²) in [7, 11) is 0. The van der Waals surface area contributed by atoms with Crippen molar-refractivity contribution in [1.29, 1.82) is 0 Å². The third-order valence-electron chi connectivity index (χ3n) is 3.86. The van der Waals surface area contributed by atoms with Gasteiger partial charge in [0.05, 0.1) is 12.1 Å². The predicted octanol–water partition coefficient (Wildman–Crippen LogP) is 5.24. The summed E-state index contributed by atoms with van der Waals surface area (Å²) in [5, 5.41) is 11.0. The first kappa shape index (κ1) is 19.9. The van der Waals surface area contributed by atoms with E-state index in [-0.39, 0.29) is 18.4 Å². The lowest BCUT2D eigenvalue weighted by Crippen LogP contribution is -2.19. The van der Waals surface area contributed by atoms with Gasteiger partial charge in [0.25, 0.3) is 0 Å². The fraction of sp³-hybridized carbons (Fsp3) is 0.150. The number of aromatic nitrogens is 1. The van der Waals surface area contributed by atoms with Crippen LogP contribution in [0, 0.1) is 13.8 Å². The number of rotatable bonds is 5. The van der Waals surface area contributed by atoms with Crippen LogP contribution in [-0.4, -0.2) is 16.9 Å². The Morgan fingerprint density at radius 1 is 1.07 bits per heavy atom. The van der Waals surface area contributed by atoms with Crippen LogP contribution in [0.3, 0.4) is 0 Å². The number of urea groups is 1. The minimum Gasteiger partial charge on any atom is -0.325 e. The van der Waals surface area contributed by atoms with E-state index in [0.29, 0.717) is 27.2 Å². The number of anilines is 3. The van der Waals surface area contributed by atoms with Gasteiger partial charge in [-0.25, -0.2) is 9.78 Å². The van der Waals surface area contributed by atoms with E-state index in [1.54, 1.807) is 17.5 Å². The minimum atomic E-state index is -0.384. The Morgan fingerprint density at radius 3 is 2.68 bits per heavy atom. The summed E-state index contributed by atoms with van der Waals surface area (Å²) < 4.78 is 0. The second-order valence-corrected chi connectivity index (χ2v) is 7.57. The topological polar surface area (TPSA) is 83.1 Å². The Kier molecular flexibility index (Phi) is 6.28. The molecule has 6 nitrogen and oxygen atoms in total. The van der Waals surface area contributed by atoms with Crippen LogP contribution in [0.1, 0.15) is 16.8 Å². The molecule has 0 spiro atoms. The highest BCUT2D eigenvalue weighted by molar-refractivity contribution is 7.14. The molecule has 8 heteroatoms. The number of thiazole rings is 1. The Labute approximate surface area is 172 Å². The van der Waals surface area contributed by atoms with Crippen LogP contribution in [0.25, 0.3) is 0 Å². The largest absolute Gasteiger partial charge is 0.325 e. The molecule has 0 aliphatic heterocycles. The maximum absolute atomic E-state index is 12.3. The van der Waals surface area contributed by atoms with Crippen LogP contribution in [-0.2, 0) is 11.2 Å². The summed E-state index contributed by atoms with van der Waals surface area (Å²) in [6.07, 6.45) is 0.101. The van der Waals surface area contributed by atoms with Crippen LogP contribution in [0.15, 0.2) is 47.8 Å². The second kappa shape index (κ2) is 8.86. The number of aryl methyl sites for hydroxylation is 2. The van der Waals surface area contributed by atoms with E-state index >= 15 is 0 Å². The lowest BCUT2D eigenvalue weighted by atomic mass is 10.2. The van der Waals surface area contributed by atoms with E-state index in [1.165, 1.54) is 11.3 Å². The van der Waals surface area contributed by atoms with Gasteiger partial charge < -0.3 is 10.6 Å². The highest BCUT2D eigenvalue weighted by Crippen LogP contribution is 2.21. The molecular weight excluding hydrogens is 396 g/mol. The van der Waals surface area contributed by atoms with Crippen molar-refractivity contribution in [2.24, 2.45) is 0 Å². The summed E-state index contributed by atoms with van der Waals surface area (Å²) in [5.41, 5.74) is 3.92. The molecule has 0 saturated carbocycles. The molecule has 2 aromatic carbocycles. The molecule has 0 aliphatic rings. The molecule has 0 bridgehead atoms. The van der Waals surface area contributed by atoms with Crippen molar-refractivity contribution in [3.63, 3.8) is 0 Å². The molecule has 0 unspecified atom stereocenters. The van der Waals surface area contributed by atoms with Gasteiger partial charge in [0.15, 0.2) is 5.13 Å². The third kappa shape index (κ3) is 5.55. The van der Waals surface area contributed by atoms with Gasteiger partial charge in [-0.15, -0.1) is 11.3 Å². The SMILES string of the molecule is Cc1cccc(NC(=O)Nc2nc(CC(=O)Nc3cc(Cl)ccc3C)cs2)c1. The number of benzene rings is 2. The normalized spacial score (nSPS) is 10.4. The molecule has 0 fully saturated rings. The number of hydrogen-bond acceptors (Lipinski definition) is 4. The molecule has 1 aromatic heterocycles. The minimum absolute atomic E-state index is 0.101. The first-order valence-electron chi connectivity index (χ1n) is 8.54. The second-order valence-electron chi connectivity index (χ2n) is 6.28. The highest BCUT2D eigenvalue weighted by atomic mass is 35.5. The molecule has 0 radical (unpaired) electrons. The van der Waals surface area contributed by atoms with Crippen LogP contribution >= 0.6 is 22.9 Å². The van der Waals surface area contributed by atoms with Crippen molar-refractivity contribution in [3.05, 3.63) is 69.7 Å². The van der Waals surface area contributed by atoms with Crippen LogP contribution in [0.2, 0.25) is 5.02 Å². The van der Waals surface area contributed by atoms with Crippen molar-refractivity contribution in [3.8, 4) is 0 Å². The number of nitrogens with one attached hydrogen (secondary N) is 3. The van der Waals surface area contributed by atoms with Gasteiger partial charge in [0, 0.05) is 21.8 Å². The summed E-state index contributed by atoms with van der Waals surface area (Å²) >= 11 is 7.23. The fourth-order valence-corrected chi connectivity index (χ4v) is 3.39. The van der Waals surface area contributed by atoms with Crippen LogP contribution < -0.4 is 16.0 Å². The highest BCUT2D eigenvalue weighted by Gasteiger charge is 2.11. The van der Waals surface area contributed by atoms with Crippen molar-refractivity contribution in [1.82, 2.24) is 4.98 Å². The Hall–Kier alpha value is -2.90. The van der Waals surface area contributed by atoms with Crippen LogP contribution in [0.4, 0.5) is 21.3 Å². The fourth-order valence-electron chi connectivity index (χ4n) is 2.52. The molecule has 144 valence electrons. The number of carbonyl (C=O) groups is 2. The van der Waals surface area contributed by atoms with E-state index < -0.39 is 0 Å². The van der Waals surface area contributed by atoms with E-state index in [0.717, 1.165) is 11.1 Å². The van der Waals surface area contributed by atoms with Gasteiger partial charge in [-0.3, -0.25) is 10.1 Å². The molecule has 3 amide bonds. The molecule has 3 rings (SSSR count). The molecule has 28 heavy (non-hydrogen) atoms. The summed E-state index contributed by atoms with van der Waals surface area (Å²) in [5.74, 6) is -0.202. The van der Waals surface area contributed by atoms with Gasteiger partial charge in [-0.05, 0) is 49.2 Å². The summed E-state index contributed by atoms with van der Waals surface area (Å²) in [6, 6.07) is 12.4. The summed E-state index contributed by atoms with van der Waals surface area (Å²) in [4.78, 5) is 28.6. The quantitative estimate of drug-likeness (QED) is 0.534. The number of amides is 3. The molecule has 3 aromatic rings. The zero-order chi connectivity index (χ0) is 20.1. The first-order valence-corrected chi connectivity index (χ1v) is 9.80.